The molecular formula is C12H28ClN3O4. The van der Waals surface area contributed by atoms with Crippen LogP contribution in [0.4, 0.5) is 0 Å². The second-order valence-electron chi connectivity index (χ2n) is 4.80. The van der Waals surface area contributed by atoms with E-state index in [2.05, 4.69) is 0 Å². The van der Waals surface area contributed by atoms with Gasteiger partial charge in [0.2, 0.25) is 0 Å². The first-order valence-corrected chi connectivity index (χ1v) is 6.39. The lowest BCUT2D eigenvalue weighted by atomic mass is 10.1. The average molecular weight is 314 g/mol. The molecule has 122 valence electrons. The Kier molecular flexibility index (Phi) is 17.5. The third kappa shape index (κ3) is 17.1. The fraction of sp³-hybridized carbons (Fsp3) is 0.833. The molecule has 0 amide bonds. The molecule has 8 heteroatoms. The highest BCUT2D eigenvalue weighted by Crippen LogP contribution is 2.01. The Balaban J connectivity index is -0.000000277. The fourth-order valence-electron chi connectivity index (χ4n) is 1.24. The van der Waals surface area contributed by atoms with E-state index in [4.69, 9.17) is 27.4 Å². The predicted molar refractivity (Wildman–Crippen MR) is 80.8 cm³/mol. The van der Waals surface area contributed by atoms with Crippen LogP contribution < -0.4 is 17.2 Å². The summed E-state index contributed by atoms with van der Waals surface area (Å²) in [6.45, 7) is 4.50. The van der Waals surface area contributed by atoms with Crippen molar-refractivity contribution in [1.82, 2.24) is 0 Å². The minimum absolute atomic E-state index is 0. The number of carbonyl (C=O) groups is 2. The Morgan fingerprint density at radius 3 is 1.70 bits per heavy atom. The van der Waals surface area contributed by atoms with Crippen LogP contribution in [-0.4, -0.2) is 40.8 Å². The summed E-state index contributed by atoms with van der Waals surface area (Å²) in [4.78, 5) is 20.2. The quantitative estimate of drug-likeness (QED) is 0.406. The number of carboxylic acids is 2. The number of rotatable bonds is 8. The first kappa shape index (κ1) is 24.1. The molecule has 0 saturated heterocycles. The molecule has 0 aromatic carbocycles. The first-order chi connectivity index (χ1) is 8.72. The van der Waals surface area contributed by atoms with Gasteiger partial charge in [-0.15, -0.1) is 12.4 Å². The normalized spacial score (nSPS) is 12.7. The number of halogens is 1. The molecule has 20 heavy (non-hydrogen) atoms. The summed E-state index contributed by atoms with van der Waals surface area (Å²) in [6.07, 6.45) is 2.72. The van der Waals surface area contributed by atoms with Crippen molar-refractivity contribution in [3.8, 4) is 0 Å². The molecule has 0 rings (SSSR count). The number of nitrogens with two attached hydrogens (primary N) is 3. The van der Waals surface area contributed by atoms with Crippen LogP contribution in [0, 0.1) is 5.92 Å². The Bertz CT molecular complexity index is 265. The molecule has 0 spiro atoms. The number of unbranched alkanes of at least 4 members (excludes halogenated alkanes) is 1. The number of hydrogen-bond donors (Lipinski definition) is 5. The molecule has 0 heterocycles. The van der Waals surface area contributed by atoms with Gasteiger partial charge in [-0.3, -0.25) is 9.59 Å². The van der Waals surface area contributed by atoms with Crippen LogP contribution >= 0.6 is 12.4 Å². The zero-order valence-corrected chi connectivity index (χ0v) is 12.9. The van der Waals surface area contributed by atoms with Crippen molar-refractivity contribution >= 4 is 24.3 Å². The minimum Gasteiger partial charge on any atom is -0.480 e. The van der Waals surface area contributed by atoms with E-state index in [1.165, 1.54) is 0 Å². The van der Waals surface area contributed by atoms with Crippen molar-refractivity contribution < 1.29 is 19.8 Å². The van der Waals surface area contributed by atoms with Gasteiger partial charge in [0, 0.05) is 0 Å². The standard InChI is InChI=1S/C6H14N2O2.C6H13NO2.ClH/c7-4-2-1-3-5(8)6(9)10;1-4(2)3-5(7)6(8)9;/h5H,1-4,7-8H2,(H,9,10);4-5H,3,7H2,1-2H3,(H,8,9);1H/t2*5-;/m00./s1. The van der Waals surface area contributed by atoms with E-state index in [0.717, 1.165) is 12.8 Å². The van der Waals surface area contributed by atoms with Gasteiger partial charge in [-0.1, -0.05) is 20.3 Å². The molecule has 0 radical (unpaired) electrons. The van der Waals surface area contributed by atoms with Crippen molar-refractivity contribution in [2.75, 3.05) is 6.54 Å². The summed E-state index contributed by atoms with van der Waals surface area (Å²) in [7, 11) is 0. The number of carboxylic acid groups (broad SMARTS) is 2. The largest absolute Gasteiger partial charge is 0.480 e. The van der Waals surface area contributed by atoms with E-state index in [0.29, 0.717) is 25.3 Å². The van der Waals surface area contributed by atoms with Gasteiger partial charge in [0.05, 0.1) is 0 Å². The van der Waals surface area contributed by atoms with Crippen molar-refractivity contribution in [3.05, 3.63) is 0 Å². The highest BCUT2D eigenvalue weighted by molar-refractivity contribution is 5.85. The topological polar surface area (TPSA) is 153 Å². The molecule has 0 aromatic rings. The second-order valence-corrected chi connectivity index (χ2v) is 4.80. The van der Waals surface area contributed by atoms with E-state index < -0.39 is 24.0 Å². The molecule has 7 nitrogen and oxygen atoms in total. The SMILES string of the molecule is CC(C)C[C@H](N)C(=O)O.Cl.NCCCC[C@H](N)C(=O)O. The molecule has 0 aliphatic rings. The Morgan fingerprint density at radius 2 is 1.45 bits per heavy atom. The van der Waals surface area contributed by atoms with Gasteiger partial charge in [0.15, 0.2) is 0 Å². The lowest BCUT2D eigenvalue weighted by Gasteiger charge is -2.07. The third-order valence-corrected chi connectivity index (χ3v) is 2.33. The van der Waals surface area contributed by atoms with Crippen LogP contribution in [0.15, 0.2) is 0 Å². The van der Waals surface area contributed by atoms with E-state index in [9.17, 15) is 9.59 Å². The van der Waals surface area contributed by atoms with Gasteiger partial charge in [-0.05, 0) is 31.7 Å². The van der Waals surface area contributed by atoms with Crippen molar-refractivity contribution in [1.29, 1.82) is 0 Å². The first-order valence-electron chi connectivity index (χ1n) is 6.39. The molecular weight excluding hydrogens is 286 g/mol. The van der Waals surface area contributed by atoms with Crippen LogP contribution in [0.25, 0.3) is 0 Å². The van der Waals surface area contributed by atoms with Crippen LogP contribution in [0.1, 0.15) is 39.5 Å². The molecule has 0 aromatic heterocycles. The van der Waals surface area contributed by atoms with E-state index in [1.54, 1.807) is 0 Å². The monoisotopic (exact) mass is 313 g/mol. The summed E-state index contributed by atoms with van der Waals surface area (Å²) in [5.74, 6) is -1.49. The zero-order chi connectivity index (χ0) is 15.4. The smallest absolute Gasteiger partial charge is 0.320 e. The van der Waals surface area contributed by atoms with Gasteiger partial charge >= 0.3 is 11.9 Å². The molecule has 0 fully saturated rings. The van der Waals surface area contributed by atoms with Gasteiger partial charge in [0.1, 0.15) is 12.1 Å². The van der Waals surface area contributed by atoms with E-state index >= 15 is 0 Å². The molecule has 2 atom stereocenters. The summed E-state index contributed by atoms with van der Waals surface area (Å²) in [5, 5.41) is 16.6. The molecule has 0 aliphatic carbocycles. The molecule has 8 N–H and O–H groups in total. The Hall–Kier alpha value is -0.890. The zero-order valence-electron chi connectivity index (χ0n) is 12.1. The van der Waals surface area contributed by atoms with Gasteiger partial charge in [-0.2, -0.15) is 0 Å². The maximum Gasteiger partial charge on any atom is 0.320 e. The summed E-state index contributed by atoms with van der Waals surface area (Å²) >= 11 is 0. The van der Waals surface area contributed by atoms with Crippen molar-refractivity contribution in [3.63, 3.8) is 0 Å². The third-order valence-electron chi connectivity index (χ3n) is 2.33. The lowest BCUT2D eigenvalue weighted by molar-refractivity contribution is -0.139. The number of hydrogen-bond acceptors (Lipinski definition) is 5. The molecule has 0 bridgehead atoms. The van der Waals surface area contributed by atoms with Crippen LogP contribution in [0.3, 0.4) is 0 Å². The Morgan fingerprint density at radius 1 is 1.00 bits per heavy atom. The number of aliphatic carboxylic acids is 2. The summed E-state index contributed by atoms with van der Waals surface area (Å²) < 4.78 is 0. The second kappa shape index (κ2) is 14.5. The Labute approximate surface area is 126 Å². The fourth-order valence-corrected chi connectivity index (χ4v) is 1.24. The molecule has 0 saturated carbocycles. The highest BCUT2D eigenvalue weighted by Gasteiger charge is 2.12. The highest BCUT2D eigenvalue weighted by atomic mass is 35.5. The van der Waals surface area contributed by atoms with Crippen LogP contribution in [0.5, 0.6) is 0 Å². The molecule has 0 aliphatic heterocycles. The van der Waals surface area contributed by atoms with Gasteiger partial charge in [0.25, 0.3) is 0 Å². The molecule has 0 unspecified atom stereocenters. The van der Waals surface area contributed by atoms with Crippen LogP contribution in [-0.2, 0) is 9.59 Å². The lowest BCUT2D eigenvalue weighted by Crippen LogP contribution is -2.31. The van der Waals surface area contributed by atoms with Crippen molar-refractivity contribution in [2.24, 2.45) is 23.1 Å². The van der Waals surface area contributed by atoms with Gasteiger partial charge in [-0.25, -0.2) is 0 Å². The minimum atomic E-state index is -0.933. The average Bonchev–Trinajstić information content (AvgIpc) is 2.28. The maximum atomic E-state index is 10.1. The summed E-state index contributed by atoms with van der Waals surface area (Å²) in [5.41, 5.74) is 15.6. The predicted octanol–water partition coefficient (Wildman–Crippen LogP) is 0.394. The van der Waals surface area contributed by atoms with E-state index in [-0.39, 0.29) is 12.4 Å². The van der Waals surface area contributed by atoms with E-state index in [1.807, 2.05) is 13.8 Å². The van der Waals surface area contributed by atoms with Gasteiger partial charge < -0.3 is 27.4 Å². The maximum absolute atomic E-state index is 10.1. The van der Waals surface area contributed by atoms with Crippen LogP contribution in [0.2, 0.25) is 0 Å². The van der Waals surface area contributed by atoms with Crippen molar-refractivity contribution in [2.45, 2.75) is 51.6 Å². The summed E-state index contributed by atoms with van der Waals surface area (Å²) in [6, 6.07) is -1.41.